The largest absolute Gasteiger partial charge is 0.456 e. The molecule has 5 N–H and O–H groups in total. The van der Waals surface area contributed by atoms with Crippen LogP contribution in [-0.4, -0.2) is 73.1 Å². The third kappa shape index (κ3) is 11.8. The highest BCUT2D eigenvalue weighted by Crippen LogP contribution is 2.28. The van der Waals surface area contributed by atoms with Gasteiger partial charge in [-0.05, 0) is 45.3 Å². The van der Waals surface area contributed by atoms with Crippen LogP contribution < -0.4 is 0 Å². The fraction of sp³-hybridized carbons (Fsp3) is 0.600. The Morgan fingerprint density at radius 1 is 1.16 bits per heavy atom. The standard InChI is InChI=1S/C35H53NO7S/c1-7-9-10-12-15-26-19-27-21-44-34(36-27)24(5)29(38)20-28(37)16-13-11-14-17-30(43-35(26)42)33(41)32(40)25(6)31(39)23(4)18-22(3)8-2/h8,11,13-14,16,18-19,21,24-25,28-33,37-41H,7,9-10,12,15,17,20H2,1-6H3/b14-11-,16-13-,22-8+,23-18+,26-19-/t24-,25+,28-,29+,30+,31-,32-,33-/m1/s1. The van der Waals surface area contributed by atoms with Gasteiger partial charge in [-0.3, -0.25) is 0 Å². The number of unbranched alkanes of at least 4 members (excludes halogenated alkanes) is 3. The van der Waals surface area contributed by atoms with Crippen molar-refractivity contribution in [1.29, 1.82) is 0 Å². The van der Waals surface area contributed by atoms with Crippen LogP contribution in [0, 0.1) is 5.92 Å². The van der Waals surface area contributed by atoms with Gasteiger partial charge in [-0.25, -0.2) is 9.78 Å². The Hall–Kier alpha value is -2.40. The first-order valence-electron chi connectivity index (χ1n) is 15.8. The number of carbonyl (C=O) groups is 1. The average molecular weight is 632 g/mol. The van der Waals surface area contributed by atoms with Crippen LogP contribution >= 0.6 is 11.3 Å². The molecule has 0 amide bonds. The van der Waals surface area contributed by atoms with Crippen LogP contribution in [0.3, 0.4) is 0 Å². The van der Waals surface area contributed by atoms with Gasteiger partial charge in [0.2, 0.25) is 0 Å². The van der Waals surface area contributed by atoms with Crippen molar-refractivity contribution in [2.45, 2.75) is 129 Å². The first-order chi connectivity index (χ1) is 20.9. The summed E-state index contributed by atoms with van der Waals surface area (Å²) >= 11 is 1.38. The van der Waals surface area contributed by atoms with Gasteiger partial charge in [-0.2, -0.15) is 0 Å². The van der Waals surface area contributed by atoms with Crippen LogP contribution in [0.5, 0.6) is 0 Å². The van der Waals surface area contributed by atoms with Gasteiger partial charge in [0.15, 0.2) is 0 Å². The minimum atomic E-state index is -1.48. The second-order valence-corrected chi connectivity index (χ2v) is 12.8. The number of rotatable bonds is 11. The molecule has 1 aliphatic rings. The van der Waals surface area contributed by atoms with Gasteiger partial charge < -0.3 is 30.3 Å². The second-order valence-electron chi connectivity index (χ2n) is 11.9. The summed E-state index contributed by atoms with van der Waals surface area (Å²) in [6.07, 6.45) is 9.78. The van der Waals surface area contributed by atoms with Gasteiger partial charge in [0.1, 0.15) is 12.2 Å². The number of carbonyl (C=O) groups excluding carboxylic acids is 1. The summed E-state index contributed by atoms with van der Waals surface area (Å²) in [4.78, 5) is 18.3. The Kier molecular flexibility index (Phi) is 16.5. The summed E-state index contributed by atoms with van der Waals surface area (Å²) in [5.74, 6) is -1.66. The molecule has 0 saturated carbocycles. The SMILES string of the molecule is C/C=C(C)/C=C(\C)[C@@H](O)[C@H](C)[C@@H](O)[C@H](O)[C@@H]1C/C=C\C=C/[C@@H](O)C[C@H](O)[C@@H](C)c2nc(cs2)/C=C(/CCCCCC)C(=O)O1. The topological polar surface area (TPSA) is 140 Å². The molecule has 0 saturated heterocycles. The molecule has 0 unspecified atom stereocenters. The van der Waals surface area contributed by atoms with Gasteiger partial charge in [-0.15, -0.1) is 11.3 Å². The molecule has 0 fully saturated rings. The number of ether oxygens (including phenoxy) is 1. The number of nitrogens with zero attached hydrogens (tertiary/aromatic N) is 1. The number of aromatic nitrogens is 1. The first-order valence-corrected chi connectivity index (χ1v) is 16.7. The lowest BCUT2D eigenvalue weighted by Gasteiger charge is -2.32. The lowest BCUT2D eigenvalue weighted by atomic mass is 9.87. The van der Waals surface area contributed by atoms with Gasteiger partial charge in [0, 0.05) is 35.6 Å². The molecule has 1 aromatic heterocycles. The first kappa shape index (κ1) is 37.8. The molecule has 1 aliphatic heterocycles. The number of allylic oxidation sites excluding steroid dienone is 5. The lowest BCUT2D eigenvalue weighted by Crippen LogP contribution is -2.46. The summed E-state index contributed by atoms with van der Waals surface area (Å²) in [5, 5.41) is 57.0. The third-order valence-electron chi connectivity index (χ3n) is 8.23. The van der Waals surface area contributed by atoms with E-state index < -0.39 is 48.5 Å². The third-order valence-corrected chi connectivity index (χ3v) is 9.29. The van der Waals surface area contributed by atoms with E-state index in [1.54, 1.807) is 44.2 Å². The van der Waals surface area contributed by atoms with Crippen molar-refractivity contribution in [3.63, 3.8) is 0 Å². The lowest BCUT2D eigenvalue weighted by molar-refractivity contribution is -0.158. The Balaban J connectivity index is 2.44. The van der Waals surface area contributed by atoms with E-state index in [0.717, 1.165) is 31.3 Å². The van der Waals surface area contributed by atoms with E-state index in [-0.39, 0.29) is 18.8 Å². The van der Waals surface area contributed by atoms with Crippen molar-refractivity contribution in [3.8, 4) is 0 Å². The molecule has 9 heteroatoms. The minimum Gasteiger partial charge on any atom is -0.456 e. The number of aliphatic hydroxyl groups excluding tert-OH is 5. The maximum atomic E-state index is 13.6. The Labute approximate surface area is 267 Å². The van der Waals surface area contributed by atoms with Crippen molar-refractivity contribution in [2.24, 2.45) is 5.92 Å². The van der Waals surface area contributed by atoms with Crippen LogP contribution in [0.4, 0.5) is 0 Å². The molecule has 0 aliphatic carbocycles. The Morgan fingerprint density at radius 3 is 2.57 bits per heavy atom. The van der Waals surface area contributed by atoms with Crippen LogP contribution in [0.25, 0.3) is 6.08 Å². The van der Waals surface area contributed by atoms with E-state index >= 15 is 0 Å². The summed E-state index contributed by atoms with van der Waals surface area (Å²) in [6, 6.07) is 0. The van der Waals surface area contributed by atoms with E-state index in [0.29, 0.717) is 28.3 Å². The second kappa shape index (κ2) is 19.2. The van der Waals surface area contributed by atoms with Gasteiger partial charge in [0.25, 0.3) is 0 Å². The number of esters is 1. The predicted molar refractivity (Wildman–Crippen MR) is 177 cm³/mol. The van der Waals surface area contributed by atoms with Gasteiger partial charge >= 0.3 is 5.97 Å². The molecule has 2 rings (SSSR count). The molecular formula is C35H53NO7S. The maximum Gasteiger partial charge on any atom is 0.334 e. The normalized spacial score (nSPS) is 28.2. The maximum absolute atomic E-state index is 13.6. The molecule has 8 atom stereocenters. The number of aliphatic hydroxyl groups is 5. The minimum absolute atomic E-state index is 0.0866. The van der Waals surface area contributed by atoms with Crippen molar-refractivity contribution >= 4 is 23.4 Å². The fourth-order valence-corrected chi connectivity index (χ4v) is 5.93. The highest BCUT2D eigenvalue weighted by atomic mass is 32.1. The van der Waals surface area contributed by atoms with Crippen molar-refractivity contribution in [3.05, 3.63) is 69.3 Å². The number of fused-ring (bicyclic) bond motifs is 2. The highest BCUT2D eigenvalue weighted by Gasteiger charge is 2.36. The monoisotopic (exact) mass is 631 g/mol. The van der Waals surface area contributed by atoms with Crippen molar-refractivity contribution in [1.82, 2.24) is 4.98 Å². The molecule has 2 bridgehead atoms. The summed E-state index contributed by atoms with van der Waals surface area (Å²) in [6.45, 7) is 11.2. The van der Waals surface area contributed by atoms with E-state index in [4.69, 9.17) is 4.74 Å². The predicted octanol–water partition coefficient (Wildman–Crippen LogP) is 5.77. The zero-order valence-electron chi connectivity index (χ0n) is 27.1. The van der Waals surface area contributed by atoms with Crippen LogP contribution in [0.2, 0.25) is 0 Å². The number of thiazole rings is 1. The van der Waals surface area contributed by atoms with Gasteiger partial charge in [0.05, 0.1) is 35.1 Å². The molecule has 246 valence electrons. The quantitative estimate of drug-likeness (QED) is 0.118. The molecule has 0 spiro atoms. The van der Waals surface area contributed by atoms with Crippen LogP contribution in [0.15, 0.2) is 58.6 Å². The number of hydrogen-bond acceptors (Lipinski definition) is 9. The zero-order valence-corrected chi connectivity index (χ0v) is 27.9. The average Bonchev–Trinajstić information content (AvgIpc) is 3.47. The summed E-state index contributed by atoms with van der Waals surface area (Å²) in [5.41, 5.74) is 2.59. The number of cyclic esters (lactones) is 1. The van der Waals surface area contributed by atoms with Crippen molar-refractivity contribution in [2.75, 3.05) is 0 Å². The Morgan fingerprint density at radius 2 is 1.89 bits per heavy atom. The van der Waals surface area contributed by atoms with E-state index in [1.807, 2.05) is 38.3 Å². The fourth-order valence-electron chi connectivity index (χ4n) is 5.04. The molecular weight excluding hydrogens is 578 g/mol. The molecule has 0 radical (unpaired) electrons. The molecule has 0 aromatic carbocycles. The van der Waals surface area contributed by atoms with Crippen LogP contribution in [0.1, 0.15) is 103 Å². The smallest absolute Gasteiger partial charge is 0.334 e. The van der Waals surface area contributed by atoms with E-state index in [2.05, 4.69) is 11.9 Å². The Bertz CT molecular complexity index is 1180. The highest BCUT2D eigenvalue weighted by molar-refractivity contribution is 7.09. The van der Waals surface area contributed by atoms with E-state index in [9.17, 15) is 30.3 Å². The molecule has 8 nitrogen and oxygen atoms in total. The van der Waals surface area contributed by atoms with E-state index in [1.165, 1.54) is 11.3 Å². The van der Waals surface area contributed by atoms with Gasteiger partial charge in [-0.1, -0.05) is 82.1 Å². The number of hydrogen-bond donors (Lipinski definition) is 5. The molecule has 2 heterocycles. The van der Waals surface area contributed by atoms with Crippen molar-refractivity contribution < 1.29 is 35.1 Å². The zero-order chi connectivity index (χ0) is 32.8. The van der Waals surface area contributed by atoms with Crippen LogP contribution in [-0.2, 0) is 9.53 Å². The molecule has 44 heavy (non-hydrogen) atoms. The summed E-state index contributed by atoms with van der Waals surface area (Å²) < 4.78 is 5.90. The summed E-state index contributed by atoms with van der Waals surface area (Å²) in [7, 11) is 0. The molecule has 1 aromatic rings.